The number of likely N-dealkylation sites (tertiary alicyclic amines) is 1. The van der Waals surface area contributed by atoms with Crippen molar-refractivity contribution in [2.24, 2.45) is 0 Å². The molecule has 4 rings (SSSR count). The van der Waals surface area contributed by atoms with Crippen molar-refractivity contribution in [2.75, 3.05) is 19.8 Å². The van der Waals surface area contributed by atoms with E-state index in [9.17, 15) is 14.7 Å². The van der Waals surface area contributed by atoms with Crippen LogP contribution in [0.5, 0.6) is 5.75 Å². The van der Waals surface area contributed by atoms with E-state index in [0.29, 0.717) is 36.6 Å². The first-order valence-corrected chi connectivity index (χ1v) is 11.6. The minimum absolute atomic E-state index is 0.0865. The van der Waals surface area contributed by atoms with E-state index < -0.39 is 17.7 Å². The summed E-state index contributed by atoms with van der Waals surface area (Å²) in [6, 6.07) is 12.0. The Bertz CT molecular complexity index is 1070. The first-order chi connectivity index (χ1) is 15.4. The number of halogens is 1. The van der Waals surface area contributed by atoms with Crippen molar-refractivity contribution < 1.29 is 24.2 Å². The summed E-state index contributed by atoms with van der Waals surface area (Å²) >= 11 is 3.46. The van der Waals surface area contributed by atoms with Crippen LogP contribution in [-0.2, 0) is 14.3 Å². The van der Waals surface area contributed by atoms with E-state index in [1.807, 2.05) is 44.2 Å². The summed E-state index contributed by atoms with van der Waals surface area (Å²) in [5, 5.41) is 11.2. The highest BCUT2D eigenvalue weighted by atomic mass is 79.9. The zero-order valence-electron chi connectivity index (χ0n) is 18.1. The van der Waals surface area contributed by atoms with Crippen LogP contribution < -0.4 is 4.74 Å². The largest absolute Gasteiger partial charge is 0.507 e. The highest BCUT2D eigenvalue weighted by molar-refractivity contribution is 9.10. The highest BCUT2D eigenvalue weighted by Gasteiger charge is 2.47. The van der Waals surface area contributed by atoms with Crippen LogP contribution in [0.15, 0.2) is 52.5 Å². The number of aliphatic hydroxyl groups excluding tert-OH is 1. The summed E-state index contributed by atoms with van der Waals surface area (Å²) in [7, 11) is 0. The third-order valence-corrected chi connectivity index (χ3v) is 6.77. The third kappa shape index (κ3) is 4.32. The van der Waals surface area contributed by atoms with Gasteiger partial charge < -0.3 is 19.5 Å². The van der Waals surface area contributed by atoms with Gasteiger partial charge >= 0.3 is 0 Å². The number of Topliss-reactive ketones (excluding diaryl/α,β-unsaturated/α-hetero) is 1. The number of nitrogens with zero attached hydrogens (tertiary/aromatic N) is 1. The number of carbonyl (C=O) groups excluding carboxylic acids is 2. The van der Waals surface area contributed by atoms with Crippen LogP contribution in [0.2, 0.25) is 0 Å². The molecule has 1 N–H and O–H groups in total. The van der Waals surface area contributed by atoms with Crippen molar-refractivity contribution in [3.63, 3.8) is 0 Å². The molecule has 2 aliphatic rings. The molecule has 0 radical (unpaired) electrons. The van der Waals surface area contributed by atoms with E-state index >= 15 is 0 Å². The molecule has 0 aromatic heterocycles. The first-order valence-electron chi connectivity index (χ1n) is 10.8. The lowest BCUT2D eigenvalue weighted by Crippen LogP contribution is -2.36. The van der Waals surface area contributed by atoms with Crippen LogP contribution >= 0.6 is 15.9 Å². The molecule has 2 fully saturated rings. The van der Waals surface area contributed by atoms with Gasteiger partial charge in [-0.05, 0) is 62.1 Å². The second-order valence-electron chi connectivity index (χ2n) is 8.06. The van der Waals surface area contributed by atoms with Gasteiger partial charge in [0, 0.05) is 23.2 Å². The lowest BCUT2D eigenvalue weighted by molar-refractivity contribution is -0.140. The Morgan fingerprint density at radius 1 is 1.25 bits per heavy atom. The lowest BCUT2D eigenvalue weighted by atomic mass is 9.94. The topological polar surface area (TPSA) is 76.1 Å². The molecule has 0 saturated carbocycles. The Balaban J connectivity index is 1.84. The lowest BCUT2D eigenvalue weighted by Gasteiger charge is -2.27. The van der Waals surface area contributed by atoms with Crippen LogP contribution in [0, 0.1) is 6.92 Å². The van der Waals surface area contributed by atoms with Crippen molar-refractivity contribution in [1.82, 2.24) is 4.90 Å². The van der Waals surface area contributed by atoms with Crippen molar-refractivity contribution >= 4 is 33.4 Å². The van der Waals surface area contributed by atoms with E-state index in [0.717, 1.165) is 22.9 Å². The second kappa shape index (κ2) is 9.46. The Hall–Kier alpha value is -2.64. The summed E-state index contributed by atoms with van der Waals surface area (Å²) in [5.74, 6) is -0.844. The minimum Gasteiger partial charge on any atom is -0.507 e. The van der Waals surface area contributed by atoms with E-state index in [4.69, 9.17) is 9.47 Å². The molecule has 0 spiro atoms. The fourth-order valence-electron chi connectivity index (χ4n) is 4.31. The van der Waals surface area contributed by atoms with Gasteiger partial charge in [-0.25, -0.2) is 0 Å². The number of rotatable bonds is 6. The predicted octanol–water partition coefficient (Wildman–Crippen LogP) is 4.76. The average molecular weight is 500 g/mol. The molecule has 2 atom stereocenters. The fourth-order valence-corrected chi connectivity index (χ4v) is 4.56. The van der Waals surface area contributed by atoms with Gasteiger partial charge in [0.2, 0.25) is 0 Å². The SMILES string of the molecule is CCOc1cccc(C2/C(=C(/O)c3ccc(Br)c(C)c3)C(=O)C(=O)N2CC2CCCO2)c1. The Labute approximate surface area is 196 Å². The fraction of sp³-hybridized carbons (Fsp3) is 0.360. The molecule has 1 amide bonds. The number of hydrogen-bond donors (Lipinski definition) is 1. The van der Waals surface area contributed by atoms with E-state index in [1.165, 1.54) is 4.90 Å². The Morgan fingerprint density at radius 2 is 2.06 bits per heavy atom. The molecule has 2 aliphatic heterocycles. The van der Waals surface area contributed by atoms with Gasteiger partial charge in [0.05, 0.1) is 24.3 Å². The molecular weight excluding hydrogens is 474 g/mol. The summed E-state index contributed by atoms with van der Waals surface area (Å²) in [4.78, 5) is 27.8. The monoisotopic (exact) mass is 499 g/mol. The van der Waals surface area contributed by atoms with Gasteiger partial charge in [-0.1, -0.05) is 34.1 Å². The third-order valence-electron chi connectivity index (χ3n) is 5.88. The van der Waals surface area contributed by atoms with E-state index in [-0.39, 0.29) is 17.4 Å². The van der Waals surface area contributed by atoms with Crippen LogP contribution in [0.3, 0.4) is 0 Å². The van der Waals surface area contributed by atoms with Gasteiger partial charge in [0.1, 0.15) is 11.5 Å². The van der Waals surface area contributed by atoms with Crippen molar-refractivity contribution in [3.05, 3.63) is 69.2 Å². The molecular formula is C25H26BrNO5. The Kier molecular flexibility index (Phi) is 6.67. The van der Waals surface area contributed by atoms with Crippen LogP contribution in [0.1, 0.15) is 42.5 Å². The van der Waals surface area contributed by atoms with Gasteiger partial charge in [0.15, 0.2) is 0 Å². The first kappa shape index (κ1) is 22.6. The molecule has 0 aliphatic carbocycles. The maximum atomic E-state index is 13.2. The van der Waals surface area contributed by atoms with Crippen LogP contribution in [0.25, 0.3) is 5.76 Å². The number of benzene rings is 2. The molecule has 2 aromatic rings. The number of ketones is 1. The molecule has 2 aromatic carbocycles. The molecule has 2 saturated heterocycles. The number of aliphatic hydroxyl groups is 1. The van der Waals surface area contributed by atoms with E-state index in [1.54, 1.807) is 12.1 Å². The average Bonchev–Trinajstić information content (AvgIpc) is 3.38. The molecule has 32 heavy (non-hydrogen) atoms. The van der Waals surface area contributed by atoms with Gasteiger partial charge in [-0.15, -0.1) is 0 Å². The maximum Gasteiger partial charge on any atom is 0.295 e. The minimum atomic E-state index is -0.719. The molecule has 2 heterocycles. The van der Waals surface area contributed by atoms with E-state index in [2.05, 4.69) is 15.9 Å². The quantitative estimate of drug-likeness (QED) is 0.352. The summed E-state index contributed by atoms with van der Waals surface area (Å²) in [5.41, 5.74) is 2.20. The molecule has 168 valence electrons. The molecule has 2 unspecified atom stereocenters. The number of carbonyl (C=O) groups is 2. The van der Waals surface area contributed by atoms with Gasteiger partial charge in [-0.2, -0.15) is 0 Å². The van der Waals surface area contributed by atoms with Gasteiger partial charge in [-0.3, -0.25) is 9.59 Å². The number of hydrogen-bond acceptors (Lipinski definition) is 5. The summed E-state index contributed by atoms with van der Waals surface area (Å²) < 4.78 is 12.3. The maximum absolute atomic E-state index is 13.2. The zero-order chi connectivity index (χ0) is 22.8. The summed E-state index contributed by atoms with van der Waals surface area (Å²) in [6.45, 7) is 5.24. The highest BCUT2D eigenvalue weighted by Crippen LogP contribution is 2.41. The molecule has 0 bridgehead atoms. The molecule has 6 nitrogen and oxygen atoms in total. The number of amides is 1. The molecule has 7 heteroatoms. The normalized spacial score (nSPS) is 22.5. The zero-order valence-corrected chi connectivity index (χ0v) is 19.7. The van der Waals surface area contributed by atoms with Gasteiger partial charge in [0.25, 0.3) is 11.7 Å². The smallest absolute Gasteiger partial charge is 0.295 e. The Morgan fingerprint density at radius 3 is 2.75 bits per heavy atom. The number of aryl methyl sites for hydroxylation is 1. The van der Waals surface area contributed by atoms with Crippen LogP contribution in [-0.4, -0.2) is 47.6 Å². The van der Waals surface area contributed by atoms with Crippen molar-refractivity contribution in [1.29, 1.82) is 0 Å². The van der Waals surface area contributed by atoms with Crippen molar-refractivity contribution in [2.45, 2.75) is 38.8 Å². The van der Waals surface area contributed by atoms with Crippen LogP contribution in [0.4, 0.5) is 0 Å². The number of ether oxygens (including phenoxy) is 2. The predicted molar refractivity (Wildman–Crippen MR) is 124 cm³/mol. The second-order valence-corrected chi connectivity index (χ2v) is 8.91. The summed E-state index contributed by atoms with van der Waals surface area (Å²) in [6.07, 6.45) is 1.64. The van der Waals surface area contributed by atoms with Crippen molar-refractivity contribution in [3.8, 4) is 5.75 Å². The standard InChI is InChI=1S/C25H26BrNO5/c1-3-31-18-7-4-6-16(13-18)22-21(23(28)17-9-10-20(26)15(2)12-17)24(29)25(30)27(22)14-19-8-5-11-32-19/h4,6-7,9-10,12-13,19,22,28H,3,5,8,11,14H2,1-2H3/b23-21-.